The van der Waals surface area contributed by atoms with Crippen molar-refractivity contribution in [2.45, 2.75) is 26.9 Å². The zero-order valence-corrected chi connectivity index (χ0v) is 12.3. The largest absolute Gasteiger partial charge is 0.491 e. The van der Waals surface area contributed by atoms with Crippen molar-refractivity contribution in [3.05, 3.63) is 59.4 Å². The highest BCUT2D eigenvalue weighted by Gasteiger charge is 2.13. The summed E-state index contributed by atoms with van der Waals surface area (Å²) in [5, 5.41) is 2.67. The second kappa shape index (κ2) is 6.39. The highest BCUT2D eigenvalue weighted by Crippen LogP contribution is 2.19. The maximum atomic E-state index is 13.9. The second-order valence-corrected chi connectivity index (χ2v) is 5.08. The van der Waals surface area contributed by atoms with Gasteiger partial charge in [-0.3, -0.25) is 4.79 Å². The molecule has 3 nitrogen and oxygen atoms in total. The summed E-state index contributed by atoms with van der Waals surface area (Å²) in [6.45, 7) is 5.51. The van der Waals surface area contributed by atoms with E-state index in [1.165, 1.54) is 6.07 Å². The first kappa shape index (κ1) is 15.0. The number of benzene rings is 2. The van der Waals surface area contributed by atoms with E-state index in [0.717, 1.165) is 5.75 Å². The molecule has 2 aromatic carbocycles. The standard InChI is InChI=1S/C17H18FNO2/c1-11(2)21-14-9-7-13(8-10-14)19-17(20)15-6-4-5-12(3)16(15)18/h4-11H,1-3H3,(H,19,20). The molecule has 0 saturated carbocycles. The van der Waals surface area contributed by atoms with Gasteiger partial charge >= 0.3 is 0 Å². The van der Waals surface area contributed by atoms with Crippen molar-refractivity contribution in [1.82, 2.24) is 0 Å². The molecule has 0 heterocycles. The molecule has 0 spiro atoms. The molecule has 0 saturated heterocycles. The summed E-state index contributed by atoms with van der Waals surface area (Å²) in [5.74, 6) is -0.228. The van der Waals surface area contributed by atoms with Gasteiger partial charge in [-0.05, 0) is 56.7 Å². The Morgan fingerprint density at radius 1 is 1.14 bits per heavy atom. The molecule has 1 N–H and O–H groups in total. The number of carbonyl (C=O) groups excluding carboxylic acids is 1. The first-order valence-electron chi connectivity index (χ1n) is 6.80. The van der Waals surface area contributed by atoms with Gasteiger partial charge in [0.15, 0.2) is 0 Å². The highest BCUT2D eigenvalue weighted by atomic mass is 19.1. The van der Waals surface area contributed by atoms with Crippen molar-refractivity contribution in [3.8, 4) is 5.75 Å². The smallest absolute Gasteiger partial charge is 0.258 e. The number of aryl methyl sites for hydroxylation is 1. The van der Waals surface area contributed by atoms with Crippen LogP contribution in [0.2, 0.25) is 0 Å². The van der Waals surface area contributed by atoms with Gasteiger partial charge in [-0.1, -0.05) is 12.1 Å². The predicted molar refractivity (Wildman–Crippen MR) is 81.3 cm³/mol. The van der Waals surface area contributed by atoms with E-state index < -0.39 is 11.7 Å². The van der Waals surface area contributed by atoms with Gasteiger partial charge in [0.2, 0.25) is 0 Å². The van der Waals surface area contributed by atoms with Crippen LogP contribution in [0.4, 0.5) is 10.1 Å². The molecule has 0 radical (unpaired) electrons. The van der Waals surface area contributed by atoms with E-state index in [2.05, 4.69) is 5.32 Å². The summed E-state index contributed by atoms with van der Waals surface area (Å²) in [4.78, 5) is 12.1. The zero-order chi connectivity index (χ0) is 15.4. The van der Waals surface area contributed by atoms with Crippen molar-refractivity contribution < 1.29 is 13.9 Å². The Bertz CT molecular complexity index is 636. The molecule has 0 aliphatic heterocycles. The van der Waals surface area contributed by atoms with Gasteiger partial charge in [-0.25, -0.2) is 4.39 Å². The summed E-state index contributed by atoms with van der Waals surface area (Å²) in [6, 6.07) is 11.7. The minimum Gasteiger partial charge on any atom is -0.491 e. The predicted octanol–water partition coefficient (Wildman–Crippen LogP) is 4.17. The minimum atomic E-state index is -0.491. The summed E-state index contributed by atoms with van der Waals surface area (Å²) >= 11 is 0. The molecule has 2 aromatic rings. The SMILES string of the molecule is Cc1cccc(C(=O)Nc2ccc(OC(C)C)cc2)c1F. The van der Waals surface area contributed by atoms with E-state index in [0.29, 0.717) is 11.3 Å². The van der Waals surface area contributed by atoms with E-state index in [1.54, 1.807) is 43.3 Å². The van der Waals surface area contributed by atoms with E-state index in [-0.39, 0.29) is 11.7 Å². The first-order chi connectivity index (χ1) is 9.97. The highest BCUT2D eigenvalue weighted by molar-refractivity contribution is 6.04. The van der Waals surface area contributed by atoms with Gasteiger partial charge in [0.1, 0.15) is 11.6 Å². The summed E-state index contributed by atoms with van der Waals surface area (Å²) in [6.07, 6.45) is 0.0897. The third-order valence-electron chi connectivity index (χ3n) is 2.92. The van der Waals surface area contributed by atoms with Gasteiger partial charge in [0.25, 0.3) is 5.91 Å². The van der Waals surface area contributed by atoms with E-state index in [4.69, 9.17) is 4.74 Å². The van der Waals surface area contributed by atoms with Crippen molar-refractivity contribution in [1.29, 1.82) is 0 Å². The fourth-order valence-corrected chi connectivity index (χ4v) is 1.91. The molecule has 21 heavy (non-hydrogen) atoms. The van der Waals surface area contributed by atoms with Crippen LogP contribution in [0.3, 0.4) is 0 Å². The van der Waals surface area contributed by atoms with Crippen LogP contribution in [0.1, 0.15) is 29.8 Å². The fraction of sp³-hybridized carbons (Fsp3) is 0.235. The van der Waals surface area contributed by atoms with Gasteiger partial charge in [-0.2, -0.15) is 0 Å². The molecule has 4 heteroatoms. The van der Waals surface area contributed by atoms with Gasteiger partial charge in [0, 0.05) is 5.69 Å². The molecule has 0 atom stereocenters. The number of hydrogen-bond acceptors (Lipinski definition) is 2. The molecule has 0 fully saturated rings. The molecular formula is C17H18FNO2. The fourth-order valence-electron chi connectivity index (χ4n) is 1.91. The number of carbonyl (C=O) groups is 1. The molecule has 0 bridgehead atoms. The number of anilines is 1. The van der Waals surface area contributed by atoms with Crippen molar-refractivity contribution in [2.75, 3.05) is 5.32 Å². The molecule has 1 amide bonds. The maximum absolute atomic E-state index is 13.9. The average Bonchev–Trinajstić information content (AvgIpc) is 2.43. The van der Waals surface area contributed by atoms with Gasteiger partial charge in [0.05, 0.1) is 11.7 Å². The Hall–Kier alpha value is -2.36. The summed E-state index contributed by atoms with van der Waals surface area (Å²) in [5.41, 5.74) is 1.08. The van der Waals surface area contributed by atoms with Gasteiger partial charge in [-0.15, -0.1) is 0 Å². The number of ether oxygens (including phenoxy) is 1. The Balaban J connectivity index is 2.11. The minimum absolute atomic E-state index is 0.0394. The van der Waals surface area contributed by atoms with Crippen LogP contribution in [-0.2, 0) is 0 Å². The lowest BCUT2D eigenvalue weighted by atomic mass is 10.1. The van der Waals surface area contributed by atoms with Crippen LogP contribution in [0.5, 0.6) is 5.75 Å². The van der Waals surface area contributed by atoms with Crippen molar-refractivity contribution >= 4 is 11.6 Å². The summed E-state index contributed by atoms with van der Waals surface area (Å²) < 4.78 is 19.4. The molecule has 2 rings (SSSR count). The number of hydrogen-bond donors (Lipinski definition) is 1. The van der Waals surface area contributed by atoms with Crippen molar-refractivity contribution in [3.63, 3.8) is 0 Å². The summed E-state index contributed by atoms with van der Waals surface area (Å²) in [7, 11) is 0. The lowest BCUT2D eigenvalue weighted by molar-refractivity contribution is 0.102. The number of rotatable bonds is 4. The quantitative estimate of drug-likeness (QED) is 0.916. The molecule has 0 aliphatic carbocycles. The van der Waals surface area contributed by atoms with Crippen LogP contribution in [0.15, 0.2) is 42.5 Å². The van der Waals surface area contributed by atoms with Crippen LogP contribution in [0.25, 0.3) is 0 Å². The zero-order valence-electron chi connectivity index (χ0n) is 12.3. The third kappa shape index (κ3) is 3.81. The Kier molecular flexibility index (Phi) is 4.58. The second-order valence-electron chi connectivity index (χ2n) is 5.08. The van der Waals surface area contributed by atoms with Crippen LogP contribution >= 0.6 is 0 Å². The molecule has 0 aliphatic rings. The first-order valence-corrected chi connectivity index (χ1v) is 6.80. The normalized spacial score (nSPS) is 10.5. The number of amides is 1. The topological polar surface area (TPSA) is 38.3 Å². The molecule has 0 aromatic heterocycles. The monoisotopic (exact) mass is 287 g/mol. The third-order valence-corrected chi connectivity index (χ3v) is 2.92. The van der Waals surface area contributed by atoms with E-state index in [9.17, 15) is 9.18 Å². The number of nitrogens with one attached hydrogen (secondary N) is 1. The van der Waals surface area contributed by atoms with E-state index in [1.807, 2.05) is 13.8 Å². The van der Waals surface area contributed by atoms with Crippen LogP contribution < -0.4 is 10.1 Å². The van der Waals surface area contributed by atoms with Crippen LogP contribution in [0, 0.1) is 12.7 Å². The molecule has 110 valence electrons. The van der Waals surface area contributed by atoms with E-state index >= 15 is 0 Å². The van der Waals surface area contributed by atoms with Crippen molar-refractivity contribution in [2.24, 2.45) is 0 Å². The maximum Gasteiger partial charge on any atom is 0.258 e. The Labute approximate surface area is 123 Å². The lowest BCUT2D eigenvalue weighted by Gasteiger charge is -2.11. The van der Waals surface area contributed by atoms with Gasteiger partial charge < -0.3 is 10.1 Å². The Morgan fingerprint density at radius 3 is 2.43 bits per heavy atom. The number of halogens is 1. The average molecular weight is 287 g/mol. The van der Waals surface area contributed by atoms with Crippen LogP contribution in [-0.4, -0.2) is 12.0 Å². The Morgan fingerprint density at radius 2 is 1.81 bits per heavy atom. The molecule has 0 unspecified atom stereocenters. The molecular weight excluding hydrogens is 269 g/mol. The lowest BCUT2D eigenvalue weighted by Crippen LogP contribution is -2.14.